The molecule has 1 saturated carbocycles. The van der Waals surface area contributed by atoms with E-state index in [-0.39, 0.29) is 11.7 Å². The van der Waals surface area contributed by atoms with E-state index in [0.29, 0.717) is 5.56 Å². The van der Waals surface area contributed by atoms with Crippen molar-refractivity contribution in [1.82, 2.24) is 0 Å². The van der Waals surface area contributed by atoms with Crippen molar-refractivity contribution in [2.75, 3.05) is 0 Å². The van der Waals surface area contributed by atoms with Crippen molar-refractivity contribution in [2.24, 2.45) is 5.92 Å². The number of halogens is 2. The molecule has 0 bridgehead atoms. The zero-order valence-electron chi connectivity index (χ0n) is 15.7. The molecular formula is C22H32F2O. The molecule has 1 aromatic rings. The lowest BCUT2D eigenvalue weighted by Crippen LogP contribution is -2.14. The Morgan fingerprint density at radius 1 is 1.00 bits per heavy atom. The molecule has 0 unspecified atom stereocenters. The van der Waals surface area contributed by atoms with Crippen LogP contribution in [0.2, 0.25) is 0 Å². The van der Waals surface area contributed by atoms with Gasteiger partial charge in [0, 0.05) is 0 Å². The van der Waals surface area contributed by atoms with E-state index < -0.39 is 11.6 Å². The van der Waals surface area contributed by atoms with Gasteiger partial charge in [-0.05, 0) is 68.1 Å². The molecule has 0 amide bonds. The van der Waals surface area contributed by atoms with Crippen LogP contribution in [0.15, 0.2) is 24.5 Å². The first-order valence-electron chi connectivity index (χ1n) is 9.96. The third-order valence-corrected chi connectivity index (χ3v) is 5.33. The second-order valence-corrected chi connectivity index (χ2v) is 7.27. The molecule has 0 heterocycles. The molecule has 0 saturated heterocycles. The third-order valence-electron chi connectivity index (χ3n) is 5.33. The minimum Gasteiger partial charge on any atom is -0.462 e. The second-order valence-electron chi connectivity index (χ2n) is 7.27. The van der Waals surface area contributed by atoms with Crippen LogP contribution < -0.4 is 4.74 Å². The molecule has 0 N–H and O–H groups in total. The summed E-state index contributed by atoms with van der Waals surface area (Å²) in [6.45, 7) is 4.36. The Morgan fingerprint density at radius 2 is 1.76 bits per heavy atom. The maximum absolute atomic E-state index is 14.5. The number of benzene rings is 1. The molecule has 25 heavy (non-hydrogen) atoms. The van der Waals surface area contributed by atoms with E-state index in [1.54, 1.807) is 12.1 Å². The fourth-order valence-electron chi connectivity index (χ4n) is 3.83. The van der Waals surface area contributed by atoms with E-state index in [2.05, 4.69) is 13.8 Å². The molecule has 1 aliphatic rings. The Labute approximate surface area is 151 Å². The summed E-state index contributed by atoms with van der Waals surface area (Å²) >= 11 is 0. The summed E-state index contributed by atoms with van der Waals surface area (Å²) in [4.78, 5) is 0. The zero-order chi connectivity index (χ0) is 18.1. The quantitative estimate of drug-likeness (QED) is 0.331. The fourth-order valence-corrected chi connectivity index (χ4v) is 3.83. The van der Waals surface area contributed by atoms with Gasteiger partial charge in [-0.15, -0.1) is 0 Å². The smallest absolute Gasteiger partial charge is 0.201 e. The summed E-state index contributed by atoms with van der Waals surface area (Å²) in [6.07, 6.45) is 14.3. The van der Waals surface area contributed by atoms with Crippen LogP contribution in [0.5, 0.6) is 5.75 Å². The van der Waals surface area contributed by atoms with Crippen LogP contribution in [-0.4, -0.2) is 0 Å². The highest BCUT2D eigenvalue weighted by molar-refractivity contribution is 5.33. The number of unbranched alkanes of at least 4 members (excludes halogenated alkanes) is 3. The molecule has 0 atom stereocenters. The first-order valence-corrected chi connectivity index (χ1v) is 9.96. The Balaban J connectivity index is 1.93. The van der Waals surface area contributed by atoms with E-state index in [0.717, 1.165) is 50.9 Å². The highest BCUT2D eigenvalue weighted by Crippen LogP contribution is 2.39. The predicted octanol–water partition coefficient (Wildman–Crippen LogP) is 7.51. The highest BCUT2D eigenvalue weighted by atomic mass is 19.2. The molecule has 1 nitrogen and oxygen atoms in total. The van der Waals surface area contributed by atoms with Gasteiger partial charge in [0.2, 0.25) is 5.82 Å². The molecule has 0 aromatic heterocycles. The first kappa shape index (κ1) is 19.9. The van der Waals surface area contributed by atoms with Gasteiger partial charge < -0.3 is 4.74 Å². The van der Waals surface area contributed by atoms with E-state index in [1.807, 2.05) is 6.08 Å². The highest BCUT2D eigenvalue weighted by Gasteiger charge is 2.26. The topological polar surface area (TPSA) is 9.23 Å². The van der Waals surface area contributed by atoms with Crippen LogP contribution in [-0.2, 0) is 0 Å². The van der Waals surface area contributed by atoms with Gasteiger partial charge in [0.25, 0.3) is 0 Å². The van der Waals surface area contributed by atoms with Crippen LogP contribution in [0, 0.1) is 17.6 Å². The minimum atomic E-state index is -0.855. The maximum atomic E-state index is 14.5. The third kappa shape index (κ3) is 5.83. The largest absolute Gasteiger partial charge is 0.462 e. The van der Waals surface area contributed by atoms with Crippen molar-refractivity contribution in [3.8, 4) is 5.75 Å². The van der Waals surface area contributed by atoms with Crippen LogP contribution in [0.4, 0.5) is 8.78 Å². The van der Waals surface area contributed by atoms with Crippen molar-refractivity contribution >= 4 is 0 Å². The predicted molar refractivity (Wildman–Crippen MR) is 99.9 cm³/mol. The number of rotatable bonds is 9. The molecule has 1 aromatic carbocycles. The minimum absolute atomic E-state index is 0.0207. The lowest BCUT2D eigenvalue weighted by Gasteiger charge is -2.29. The number of hydrogen-bond donors (Lipinski definition) is 0. The number of ether oxygens (including phenoxy) is 1. The molecule has 140 valence electrons. The monoisotopic (exact) mass is 350 g/mol. The van der Waals surface area contributed by atoms with Gasteiger partial charge in [-0.3, -0.25) is 0 Å². The first-order chi connectivity index (χ1) is 12.2. The average Bonchev–Trinajstić information content (AvgIpc) is 2.63. The average molecular weight is 350 g/mol. The lowest BCUT2D eigenvalue weighted by atomic mass is 9.77. The van der Waals surface area contributed by atoms with E-state index >= 15 is 0 Å². The van der Waals surface area contributed by atoms with Gasteiger partial charge >= 0.3 is 0 Å². The summed E-state index contributed by atoms with van der Waals surface area (Å²) in [6, 6.07) is 3.28. The van der Waals surface area contributed by atoms with Crippen molar-refractivity contribution in [3.63, 3.8) is 0 Å². The molecule has 0 spiro atoms. The summed E-state index contributed by atoms with van der Waals surface area (Å²) in [5.74, 6) is -0.703. The Bertz CT molecular complexity index is 545. The van der Waals surface area contributed by atoms with Crippen molar-refractivity contribution in [3.05, 3.63) is 41.7 Å². The van der Waals surface area contributed by atoms with E-state index in [4.69, 9.17) is 4.74 Å². The maximum Gasteiger partial charge on any atom is 0.201 e. The summed E-state index contributed by atoms with van der Waals surface area (Å²) < 4.78 is 34.1. The Morgan fingerprint density at radius 3 is 2.44 bits per heavy atom. The van der Waals surface area contributed by atoms with Crippen LogP contribution in [0.25, 0.3) is 0 Å². The van der Waals surface area contributed by atoms with Gasteiger partial charge in [-0.25, -0.2) is 4.39 Å². The molecule has 1 aliphatic carbocycles. The van der Waals surface area contributed by atoms with E-state index in [9.17, 15) is 8.78 Å². The fraction of sp³-hybridized carbons (Fsp3) is 0.636. The lowest BCUT2D eigenvalue weighted by molar-refractivity contribution is 0.302. The Hall–Kier alpha value is -1.38. The SMILES string of the molecule is CCCCCC=COc1ccc(C2CCC(CCC)CC2)c(F)c1F. The Kier molecular flexibility index (Phi) is 8.43. The normalized spacial score (nSPS) is 21.0. The van der Waals surface area contributed by atoms with Crippen LogP contribution in [0.3, 0.4) is 0 Å². The molecule has 3 heteroatoms. The van der Waals surface area contributed by atoms with Gasteiger partial charge in [0.1, 0.15) is 0 Å². The van der Waals surface area contributed by atoms with Crippen LogP contribution >= 0.6 is 0 Å². The molecule has 2 rings (SSSR count). The number of hydrogen-bond acceptors (Lipinski definition) is 1. The summed E-state index contributed by atoms with van der Waals surface area (Å²) in [7, 11) is 0. The summed E-state index contributed by atoms with van der Waals surface area (Å²) in [5, 5.41) is 0. The van der Waals surface area contributed by atoms with Gasteiger partial charge in [-0.1, -0.05) is 45.6 Å². The van der Waals surface area contributed by atoms with E-state index in [1.165, 1.54) is 25.5 Å². The van der Waals surface area contributed by atoms with Crippen molar-refractivity contribution in [1.29, 1.82) is 0 Å². The van der Waals surface area contributed by atoms with Gasteiger partial charge in [-0.2, -0.15) is 4.39 Å². The molecular weight excluding hydrogens is 318 g/mol. The standard InChI is InChI=1S/C22H32F2O/c1-3-5-6-7-8-16-25-20-15-14-19(21(23)22(20)24)18-12-10-17(9-4-2)11-13-18/h8,14-18H,3-7,9-13H2,1-2H3. The van der Waals surface area contributed by atoms with Crippen molar-refractivity contribution in [2.45, 2.75) is 84.0 Å². The zero-order valence-corrected chi connectivity index (χ0v) is 15.7. The van der Waals surface area contributed by atoms with Crippen molar-refractivity contribution < 1.29 is 13.5 Å². The van der Waals surface area contributed by atoms with Crippen LogP contribution in [0.1, 0.15) is 89.5 Å². The van der Waals surface area contributed by atoms with Gasteiger partial charge in [0.05, 0.1) is 6.26 Å². The molecule has 1 fully saturated rings. The summed E-state index contributed by atoms with van der Waals surface area (Å²) in [5.41, 5.74) is 0.520. The molecule has 0 aliphatic heterocycles. The molecule has 0 radical (unpaired) electrons. The second kappa shape index (κ2) is 10.6. The number of allylic oxidation sites excluding steroid dienone is 1. The van der Waals surface area contributed by atoms with Gasteiger partial charge in [0.15, 0.2) is 11.6 Å².